The molecule has 3 aromatic rings. The third kappa shape index (κ3) is 2.95. The average molecular weight is 355 g/mol. The highest BCUT2D eigenvalue weighted by Crippen LogP contribution is 2.29. The Kier molecular flexibility index (Phi) is 4.10. The lowest BCUT2D eigenvalue weighted by atomic mass is 10.2. The van der Waals surface area contributed by atoms with E-state index >= 15 is 0 Å². The number of anilines is 1. The van der Waals surface area contributed by atoms with Crippen molar-refractivity contribution in [3.8, 4) is 10.6 Å². The Bertz CT molecular complexity index is 873. The Morgan fingerprint density at radius 1 is 1.35 bits per heavy atom. The molecule has 5 nitrogen and oxygen atoms in total. The second kappa shape index (κ2) is 6.05. The van der Waals surface area contributed by atoms with Gasteiger partial charge in [-0.2, -0.15) is 5.10 Å². The fourth-order valence-corrected chi connectivity index (χ4v) is 2.87. The molecule has 2 aromatic heterocycles. The summed E-state index contributed by atoms with van der Waals surface area (Å²) in [4.78, 5) is 16.1. The topological polar surface area (TPSA) is 59.8 Å². The fourth-order valence-electron chi connectivity index (χ4n) is 1.89. The van der Waals surface area contributed by atoms with Crippen LogP contribution in [0.2, 0.25) is 5.15 Å². The van der Waals surface area contributed by atoms with E-state index in [9.17, 15) is 13.6 Å². The van der Waals surface area contributed by atoms with E-state index in [2.05, 4.69) is 15.4 Å². The van der Waals surface area contributed by atoms with Crippen molar-refractivity contribution in [1.82, 2.24) is 14.8 Å². The van der Waals surface area contributed by atoms with Gasteiger partial charge in [-0.25, -0.2) is 13.8 Å². The molecule has 0 atom stereocenters. The Morgan fingerprint density at radius 3 is 2.65 bits per heavy atom. The van der Waals surface area contributed by atoms with Crippen molar-refractivity contribution in [2.24, 2.45) is 7.05 Å². The third-order valence-corrected chi connectivity index (χ3v) is 4.34. The van der Waals surface area contributed by atoms with Crippen LogP contribution in [0, 0.1) is 11.6 Å². The molecule has 0 saturated heterocycles. The van der Waals surface area contributed by atoms with Crippen molar-refractivity contribution in [3.63, 3.8) is 0 Å². The molecule has 1 aromatic carbocycles. The highest BCUT2D eigenvalue weighted by atomic mass is 35.5. The maximum atomic E-state index is 13.7. The molecular weight excluding hydrogens is 346 g/mol. The Morgan fingerprint density at radius 2 is 2.04 bits per heavy atom. The number of halogens is 3. The summed E-state index contributed by atoms with van der Waals surface area (Å²) in [6, 6.07) is 3.53. The zero-order chi connectivity index (χ0) is 16.6. The van der Waals surface area contributed by atoms with Crippen molar-refractivity contribution in [2.45, 2.75) is 0 Å². The summed E-state index contributed by atoms with van der Waals surface area (Å²) in [5.74, 6) is -2.01. The van der Waals surface area contributed by atoms with Crippen LogP contribution < -0.4 is 5.32 Å². The van der Waals surface area contributed by atoms with Crippen molar-refractivity contribution < 1.29 is 13.6 Å². The summed E-state index contributed by atoms with van der Waals surface area (Å²) in [6.07, 6.45) is 1.39. The van der Waals surface area contributed by atoms with E-state index in [0.29, 0.717) is 5.69 Å². The average Bonchev–Trinajstić information content (AvgIpc) is 3.10. The number of hydrogen-bond donors (Lipinski definition) is 1. The minimum Gasteiger partial charge on any atom is -0.317 e. The number of carbonyl (C=O) groups excluding carboxylic acids is 1. The second-order valence-electron chi connectivity index (χ2n) is 4.56. The summed E-state index contributed by atoms with van der Waals surface area (Å²) in [5.41, 5.74) is 0.106. The zero-order valence-electron chi connectivity index (χ0n) is 11.7. The van der Waals surface area contributed by atoms with Crippen LogP contribution in [0.15, 0.2) is 29.8 Å². The van der Waals surface area contributed by atoms with Gasteiger partial charge < -0.3 is 5.32 Å². The highest BCUT2D eigenvalue weighted by molar-refractivity contribution is 7.13. The van der Waals surface area contributed by atoms with Gasteiger partial charge in [0.1, 0.15) is 27.5 Å². The van der Waals surface area contributed by atoms with Gasteiger partial charge in [-0.15, -0.1) is 11.3 Å². The molecule has 0 fully saturated rings. The van der Waals surface area contributed by atoms with Crippen LogP contribution >= 0.6 is 22.9 Å². The molecule has 0 unspecified atom stereocenters. The van der Waals surface area contributed by atoms with Gasteiger partial charge in [-0.3, -0.25) is 9.48 Å². The molecule has 0 radical (unpaired) electrons. The lowest BCUT2D eigenvalue weighted by Gasteiger charge is -2.01. The molecule has 0 aliphatic rings. The molecular formula is C14H9ClF2N4OS. The van der Waals surface area contributed by atoms with Crippen molar-refractivity contribution in [1.29, 1.82) is 0 Å². The maximum absolute atomic E-state index is 13.7. The fraction of sp³-hybridized carbons (Fsp3) is 0.0714. The van der Waals surface area contributed by atoms with Crippen LogP contribution in [0.4, 0.5) is 14.5 Å². The van der Waals surface area contributed by atoms with Gasteiger partial charge in [0.25, 0.3) is 5.91 Å². The van der Waals surface area contributed by atoms with E-state index in [1.165, 1.54) is 22.3 Å². The molecule has 118 valence electrons. The quantitative estimate of drug-likeness (QED) is 0.779. The number of aryl methyl sites for hydroxylation is 1. The first kappa shape index (κ1) is 15.6. The summed E-state index contributed by atoms with van der Waals surface area (Å²) in [6.45, 7) is 0. The number of nitrogens with one attached hydrogen (secondary N) is 1. The maximum Gasteiger partial charge on any atom is 0.275 e. The molecule has 0 aliphatic heterocycles. The number of carbonyl (C=O) groups is 1. The second-order valence-corrected chi connectivity index (χ2v) is 5.78. The first-order chi connectivity index (χ1) is 11.0. The summed E-state index contributed by atoms with van der Waals surface area (Å²) in [5, 5.41) is 8.20. The number of rotatable bonds is 3. The smallest absolute Gasteiger partial charge is 0.275 e. The summed E-state index contributed by atoms with van der Waals surface area (Å²) < 4.78 is 28.9. The van der Waals surface area contributed by atoms with Gasteiger partial charge >= 0.3 is 0 Å². The van der Waals surface area contributed by atoms with Crippen LogP contribution in [-0.2, 0) is 7.05 Å². The Labute approximate surface area is 138 Å². The van der Waals surface area contributed by atoms with Gasteiger partial charge in [0.05, 0.1) is 17.4 Å². The molecule has 0 bridgehead atoms. The molecule has 3 rings (SSSR count). The number of amides is 1. The minimum absolute atomic E-state index is 0.0348. The number of thiazole rings is 1. The lowest BCUT2D eigenvalue weighted by Crippen LogP contribution is -2.12. The molecule has 0 aliphatic carbocycles. The van der Waals surface area contributed by atoms with Crippen molar-refractivity contribution >= 4 is 34.5 Å². The van der Waals surface area contributed by atoms with Gasteiger partial charge in [0, 0.05) is 12.4 Å². The predicted octanol–water partition coefficient (Wildman–Crippen LogP) is 3.73. The molecule has 1 N–H and O–H groups in total. The van der Waals surface area contributed by atoms with Crippen molar-refractivity contribution in [2.75, 3.05) is 5.32 Å². The van der Waals surface area contributed by atoms with E-state index in [0.717, 1.165) is 23.5 Å². The first-order valence-electron chi connectivity index (χ1n) is 6.36. The summed E-state index contributed by atoms with van der Waals surface area (Å²) in [7, 11) is 1.62. The van der Waals surface area contributed by atoms with Gasteiger partial charge in [0.2, 0.25) is 0 Å². The SMILES string of the molecule is Cn1ncc(NC(=O)c2csc(-c3c(F)cccc3F)n2)c1Cl. The molecule has 0 spiro atoms. The Balaban J connectivity index is 1.87. The van der Waals surface area contributed by atoms with Gasteiger partial charge in [0.15, 0.2) is 0 Å². The number of hydrogen-bond acceptors (Lipinski definition) is 4. The van der Waals surface area contributed by atoms with E-state index in [4.69, 9.17) is 11.6 Å². The van der Waals surface area contributed by atoms with Crippen molar-refractivity contribution in [3.05, 3.63) is 52.3 Å². The van der Waals surface area contributed by atoms with Crippen LogP contribution in [0.25, 0.3) is 10.6 Å². The minimum atomic E-state index is -0.735. The van der Waals surface area contributed by atoms with Crippen LogP contribution in [0.3, 0.4) is 0 Å². The zero-order valence-corrected chi connectivity index (χ0v) is 13.3. The normalized spacial score (nSPS) is 10.8. The van der Waals surface area contributed by atoms with Gasteiger partial charge in [-0.1, -0.05) is 17.7 Å². The number of aromatic nitrogens is 3. The van der Waals surface area contributed by atoms with Crippen LogP contribution in [0.1, 0.15) is 10.5 Å². The number of benzene rings is 1. The molecule has 0 saturated carbocycles. The van der Waals surface area contributed by atoms with E-state index in [-0.39, 0.29) is 21.4 Å². The van der Waals surface area contributed by atoms with Crippen LogP contribution in [0.5, 0.6) is 0 Å². The lowest BCUT2D eigenvalue weighted by molar-refractivity contribution is 0.102. The Hall–Kier alpha value is -2.32. The molecule has 9 heteroatoms. The number of nitrogens with zero attached hydrogens (tertiary/aromatic N) is 3. The summed E-state index contributed by atoms with van der Waals surface area (Å²) >= 11 is 6.93. The monoisotopic (exact) mass is 354 g/mol. The van der Waals surface area contributed by atoms with E-state index < -0.39 is 17.5 Å². The molecule has 1 amide bonds. The third-order valence-electron chi connectivity index (χ3n) is 3.03. The van der Waals surface area contributed by atoms with E-state index in [1.54, 1.807) is 7.05 Å². The molecule has 23 heavy (non-hydrogen) atoms. The molecule has 2 heterocycles. The highest BCUT2D eigenvalue weighted by Gasteiger charge is 2.18. The van der Waals surface area contributed by atoms with Gasteiger partial charge in [-0.05, 0) is 12.1 Å². The van der Waals surface area contributed by atoms with E-state index in [1.807, 2.05) is 0 Å². The standard InChI is InChI=1S/C14H9ClF2N4OS/c1-21-12(15)9(5-18-21)19-13(22)10-6-23-14(20-10)11-7(16)3-2-4-8(11)17/h2-6H,1H3,(H,19,22). The van der Waals surface area contributed by atoms with Crippen LogP contribution in [-0.4, -0.2) is 20.7 Å². The largest absolute Gasteiger partial charge is 0.317 e. The first-order valence-corrected chi connectivity index (χ1v) is 7.62. The predicted molar refractivity (Wildman–Crippen MR) is 83.6 cm³/mol.